The number of rotatable bonds is 8. The number of likely N-dealkylation sites (tertiary alicyclic amines) is 1. The lowest BCUT2D eigenvalue weighted by molar-refractivity contribution is 0.0466. The topological polar surface area (TPSA) is 25.4 Å². The predicted molar refractivity (Wildman–Crippen MR) is 115 cm³/mol. The maximum Gasteiger partial charge on any atom is 0.0535 e. The number of hydrogen-bond donors (Lipinski definition) is 0. The quantitative estimate of drug-likeness (QED) is 0.618. The number of nitrogens with zero attached hydrogens (tertiary/aromatic N) is 2. The van der Waals surface area contributed by atoms with Gasteiger partial charge in [-0.1, -0.05) is 36.4 Å². The molecule has 148 valence electrons. The Hall–Kier alpha value is -1.42. The molecule has 2 atom stereocenters. The fourth-order valence-electron chi connectivity index (χ4n) is 4.00. The number of halogens is 1. The van der Waals surface area contributed by atoms with E-state index < -0.39 is 0 Å². The Kier molecular flexibility index (Phi) is 8.28. The minimum Gasteiger partial charge on any atom is -0.381 e. The van der Waals surface area contributed by atoms with Gasteiger partial charge in [0, 0.05) is 36.5 Å². The Balaban J connectivity index is 0.00000261. The van der Waals surface area contributed by atoms with Gasteiger partial charge in [0.05, 0.1) is 6.61 Å². The van der Waals surface area contributed by atoms with Gasteiger partial charge in [-0.2, -0.15) is 0 Å². The molecule has 1 unspecified atom stereocenters. The van der Waals surface area contributed by atoms with Gasteiger partial charge in [0.2, 0.25) is 0 Å². The summed E-state index contributed by atoms with van der Waals surface area (Å²) in [6.07, 6.45) is 5.56. The van der Waals surface area contributed by atoms with Crippen LogP contribution in [-0.2, 0) is 11.2 Å². The fraction of sp³-hybridized carbons (Fsp3) is 0.522. The number of benzene rings is 1. The molecule has 3 nitrogen and oxygen atoms in total. The molecule has 1 aliphatic heterocycles. The Morgan fingerprint density at radius 2 is 1.96 bits per heavy atom. The molecule has 1 aromatic carbocycles. The highest BCUT2D eigenvalue weighted by molar-refractivity contribution is 5.85. The molecule has 0 N–H and O–H groups in total. The third-order valence-corrected chi connectivity index (χ3v) is 5.83. The van der Waals surface area contributed by atoms with Crippen LogP contribution in [0.3, 0.4) is 0 Å². The molecule has 0 amide bonds. The van der Waals surface area contributed by atoms with Crippen molar-refractivity contribution in [3.63, 3.8) is 0 Å². The van der Waals surface area contributed by atoms with Gasteiger partial charge < -0.3 is 4.74 Å². The molecule has 0 radical (unpaired) electrons. The van der Waals surface area contributed by atoms with Gasteiger partial charge >= 0.3 is 0 Å². The van der Waals surface area contributed by atoms with Gasteiger partial charge in [0.15, 0.2) is 0 Å². The summed E-state index contributed by atoms with van der Waals surface area (Å²) >= 11 is 0. The van der Waals surface area contributed by atoms with Crippen molar-refractivity contribution in [3.05, 3.63) is 65.5 Å². The molecule has 0 saturated carbocycles. The second-order valence-corrected chi connectivity index (χ2v) is 7.75. The van der Waals surface area contributed by atoms with E-state index in [-0.39, 0.29) is 17.8 Å². The Labute approximate surface area is 170 Å². The van der Waals surface area contributed by atoms with Gasteiger partial charge in [0.1, 0.15) is 0 Å². The van der Waals surface area contributed by atoms with Crippen LogP contribution >= 0.6 is 12.4 Å². The van der Waals surface area contributed by atoms with E-state index in [0.29, 0.717) is 6.04 Å². The molecule has 2 heterocycles. The molecule has 3 rings (SSSR count). The first-order valence-electron chi connectivity index (χ1n) is 9.90. The molecule has 27 heavy (non-hydrogen) atoms. The Morgan fingerprint density at radius 3 is 2.63 bits per heavy atom. The first-order chi connectivity index (χ1) is 12.6. The average molecular weight is 389 g/mol. The van der Waals surface area contributed by atoms with E-state index >= 15 is 0 Å². The molecule has 0 aliphatic carbocycles. The Bertz CT molecular complexity index is 677. The summed E-state index contributed by atoms with van der Waals surface area (Å²) in [4.78, 5) is 7.09. The molecular weight excluding hydrogens is 356 g/mol. The molecule has 1 aliphatic rings. The van der Waals surface area contributed by atoms with E-state index in [1.807, 2.05) is 13.1 Å². The van der Waals surface area contributed by atoms with E-state index in [4.69, 9.17) is 4.74 Å². The van der Waals surface area contributed by atoms with Gasteiger partial charge in [-0.15, -0.1) is 12.4 Å². The minimum absolute atomic E-state index is 0. The molecule has 1 saturated heterocycles. The van der Waals surface area contributed by atoms with Crippen molar-refractivity contribution in [1.29, 1.82) is 0 Å². The lowest BCUT2D eigenvalue weighted by Gasteiger charge is -2.31. The summed E-state index contributed by atoms with van der Waals surface area (Å²) in [5, 5.41) is 0. The molecule has 0 bridgehead atoms. The molecule has 0 spiro atoms. The largest absolute Gasteiger partial charge is 0.381 e. The van der Waals surface area contributed by atoms with Crippen molar-refractivity contribution in [1.82, 2.24) is 9.88 Å². The average Bonchev–Trinajstić information content (AvgIpc) is 3.10. The Morgan fingerprint density at radius 1 is 1.19 bits per heavy atom. The second-order valence-electron chi connectivity index (χ2n) is 7.75. The van der Waals surface area contributed by atoms with Gasteiger partial charge in [-0.05, 0) is 63.8 Å². The maximum atomic E-state index is 5.92. The van der Waals surface area contributed by atoms with Gasteiger partial charge in [-0.3, -0.25) is 9.88 Å². The highest BCUT2D eigenvalue weighted by Gasteiger charge is 2.39. The minimum atomic E-state index is 0. The summed E-state index contributed by atoms with van der Waals surface area (Å²) in [7, 11) is 0. The van der Waals surface area contributed by atoms with Crippen molar-refractivity contribution in [2.45, 2.75) is 46.1 Å². The van der Waals surface area contributed by atoms with Crippen molar-refractivity contribution in [2.24, 2.45) is 5.41 Å². The van der Waals surface area contributed by atoms with Crippen molar-refractivity contribution < 1.29 is 4.74 Å². The zero-order valence-corrected chi connectivity index (χ0v) is 17.7. The van der Waals surface area contributed by atoms with Crippen molar-refractivity contribution in [3.8, 4) is 0 Å². The van der Waals surface area contributed by atoms with Crippen molar-refractivity contribution in [2.75, 3.05) is 26.3 Å². The van der Waals surface area contributed by atoms with Gasteiger partial charge in [0.25, 0.3) is 0 Å². The highest BCUT2D eigenvalue weighted by atomic mass is 35.5. The lowest BCUT2D eigenvalue weighted by Crippen LogP contribution is -2.33. The number of pyridine rings is 1. The molecule has 1 fully saturated rings. The van der Waals surface area contributed by atoms with Crippen LogP contribution in [0.5, 0.6) is 0 Å². The van der Waals surface area contributed by atoms with Crippen LogP contribution in [0.15, 0.2) is 48.7 Å². The SMILES string of the molecule is CCOC[C@]1(CCc2ccccc2)CCN(C(C)c2ccc(C)nc2)C1.Cl. The molecule has 1 aromatic heterocycles. The number of aromatic nitrogens is 1. The van der Waals surface area contributed by atoms with Crippen molar-refractivity contribution >= 4 is 12.4 Å². The lowest BCUT2D eigenvalue weighted by atomic mass is 9.82. The maximum absolute atomic E-state index is 5.92. The summed E-state index contributed by atoms with van der Waals surface area (Å²) in [5.74, 6) is 0. The molecule has 2 aromatic rings. The number of aryl methyl sites for hydroxylation is 2. The van der Waals surface area contributed by atoms with E-state index in [1.54, 1.807) is 0 Å². The first-order valence-corrected chi connectivity index (χ1v) is 9.90. The third kappa shape index (κ3) is 5.78. The monoisotopic (exact) mass is 388 g/mol. The number of hydrogen-bond acceptors (Lipinski definition) is 3. The van der Waals surface area contributed by atoms with E-state index in [0.717, 1.165) is 38.4 Å². The fourth-order valence-corrected chi connectivity index (χ4v) is 4.00. The molecule has 4 heteroatoms. The van der Waals surface area contributed by atoms with Crippen LogP contribution in [0.2, 0.25) is 0 Å². The van der Waals surface area contributed by atoms with E-state index in [2.05, 4.69) is 66.2 Å². The van der Waals surface area contributed by atoms with Crippen LogP contribution in [0.4, 0.5) is 0 Å². The highest BCUT2D eigenvalue weighted by Crippen LogP contribution is 2.39. The van der Waals surface area contributed by atoms with E-state index in [9.17, 15) is 0 Å². The number of ether oxygens (including phenoxy) is 1. The summed E-state index contributed by atoms with van der Waals surface area (Å²) in [5.41, 5.74) is 4.08. The smallest absolute Gasteiger partial charge is 0.0535 e. The molecular formula is C23H33ClN2O. The summed E-state index contributed by atoms with van der Waals surface area (Å²) in [6.45, 7) is 10.3. The summed E-state index contributed by atoms with van der Waals surface area (Å²) < 4.78 is 5.92. The van der Waals surface area contributed by atoms with Gasteiger partial charge in [-0.25, -0.2) is 0 Å². The van der Waals surface area contributed by atoms with Crippen LogP contribution in [0.25, 0.3) is 0 Å². The zero-order valence-electron chi connectivity index (χ0n) is 16.9. The first kappa shape index (κ1) is 21.9. The zero-order chi connectivity index (χ0) is 18.4. The van der Waals surface area contributed by atoms with Crippen LogP contribution in [-0.4, -0.2) is 36.2 Å². The summed E-state index contributed by atoms with van der Waals surface area (Å²) in [6, 6.07) is 15.6. The third-order valence-electron chi connectivity index (χ3n) is 5.83. The second kappa shape index (κ2) is 10.2. The predicted octanol–water partition coefficient (Wildman–Crippen LogP) is 5.23. The normalized spacial score (nSPS) is 21.0. The van der Waals surface area contributed by atoms with Crippen LogP contribution in [0, 0.1) is 12.3 Å². The van der Waals surface area contributed by atoms with E-state index in [1.165, 1.54) is 24.0 Å². The van der Waals surface area contributed by atoms with Crippen LogP contribution in [0.1, 0.15) is 49.6 Å². The standard InChI is InChI=1S/C23H32N2O.ClH/c1-4-26-18-23(13-12-21-8-6-5-7-9-21)14-15-25(17-23)20(3)22-11-10-19(2)24-16-22;/h5-11,16,20H,4,12-15,17-18H2,1-3H3;1H/t20?,23-;/m1./s1. The van der Waals surface area contributed by atoms with Crippen LogP contribution < -0.4 is 0 Å².